The van der Waals surface area contributed by atoms with Crippen LogP contribution in [0.1, 0.15) is 32.3 Å². The Hall–Kier alpha value is -1.93. The highest BCUT2D eigenvalue weighted by Gasteiger charge is 2.34. The van der Waals surface area contributed by atoms with Crippen LogP contribution in [0, 0.1) is 11.8 Å². The molecule has 8 heteroatoms. The predicted octanol–water partition coefficient (Wildman–Crippen LogP) is 1.72. The van der Waals surface area contributed by atoms with E-state index >= 15 is 0 Å². The summed E-state index contributed by atoms with van der Waals surface area (Å²) in [5.74, 6) is 0.114. The zero-order chi connectivity index (χ0) is 20.6. The van der Waals surface area contributed by atoms with Crippen LogP contribution in [0.25, 0.3) is 0 Å². The molecule has 2 heterocycles. The van der Waals surface area contributed by atoms with Crippen molar-refractivity contribution in [1.82, 2.24) is 9.21 Å². The van der Waals surface area contributed by atoms with Crippen molar-refractivity contribution >= 4 is 27.5 Å². The molecule has 7 nitrogen and oxygen atoms in total. The average Bonchev–Trinajstić information content (AvgIpc) is 3.10. The summed E-state index contributed by atoms with van der Waals surface area (Å²) >= 11 is 0. The Morgan fingerprint density at radius 3 is 2.32 bits per heavy atom. The van der Waals surface area contributed by atoms with Crippen molar-refractivity contribution in [2.45, 2.75) is 38.0 Å². The summed E-state index contributed by atoms with van der Waals surface area (Å²) in [6.07, 6.45) is 2.01. The normalized spacial score (nSPS) is 18.1. The van der Waals surface area contributed by atoms with E-state index in [1.807, 2.05) is 18.7 Å². The van der Waals surface area contributed by atoms with E-state index in [1.54, 1.807) is 23.1 Å². The summed E-state index contributed by atoms with van der Waals surface area (Å²) < 4.78 is 25.9. The minimum Gasteiger partial charge on any atom is -0.342 e. The number of carbonyl (C=O) groups is 2. The lowest BCUT2D eigenvalue weighted by atomic mass is 9.94. The van der Waals surface area contributed by atoms with Crippen LogP contribution < -0.4 is 4.90 Å². The standard InChI is InChI=1S/C20H29N3O4S/c1-14(2)19(24)22-10-7-15(8-11-22)20(25)23-12-9-16-13-17(5-6-18(16)23)28(26,27)21(3)4/h5-6,13-15H,7-12H2,1-4H3. The highest BCUT2D eigenvalue weighted by Crippen LogP contribution is 2.33. The molecule has 0 unspecified atom stereocenters. The van der Waals surface area contributed by atoms with Crippen molar-refractivity contribution in [3.63, 3.8) is 0 Å². The summed E-state index contributed by atoms with van der Waals surface area (Å²) in [7, 11) is -0.468. The van der Waals surface area contributed by atoms with Crippen LogP contribution in [0.4, 0.5) is 5.69 Å². The number of carbonyl (C=O) groups excluding carboxylic acids is 2. The smallest absolute Gasteiger partial charge is 0.242 e. The van der Waals surface area contributed by atoms with E-state index in [0.29, 0.717) is 38.9 Å². The molecule has 3 rings (SSSR count). The fraction of sp³-hybridized carbons (Fsp3) is 0.600. The number of benzene rings is 1. The molecule has 2 aliphatic rings. The van der Waals surface area contributed by atoms with E-state index in [0.717, 1.165) is 11.3 Å². The van der Waals surface area contributed by atoms with Crippen LogP contribution in [0.3, 0.4) is 0 Å². The highest BCUT2D eigenvalue weighted by atomic mass is 32.2. The number of anilines is 1. The second-order valence-electron chi connectivity index (χ2n) is 8.07. The summed E-state index contributed by atoms with van der Waals surface area (Å²) in [5.41, 5.74) is 1.70. The first-order valence-corrected chi connectivity index (χ1v) is 11.2. The van der Waals surface area contributed by atoms with Gasteiger partial charge in [-0.05, 0) is 43.0 Å². The van der Waals surface area contributed by atoms with Gasteiger partial charge in [-0.1, -0.05) is 13.8 Å². The SMILES string of the molecule is CC(C)C(=O)N1CCC(C(=O)N2CCc3cc(S(=O)(=O)N(C)C)ccc32)CC1. The fourth-order valence-electron chi connectivity index (χ4n) is 3.91. The molecular formula is C20H29N3O4S. The van der Waals surface area contributed by atoms with Gasteiger partial charge >= 0.3 is 0 Å². The third kappa shape index (κ3) is 3.80. The Morgan fingerprint density at radius 2 is 1.75 bits per heavy atom. The van der Waals surface area contributed by atoms with Crippen molar-refractivity contribution in [2.24, 2.45) is 11.8 Å². The van der Waals surface area contributed by atoms with Gasteiger partial charge in [-0.15, -0.1) is 0 Å². The van der Waals surface area contributed by atoms with E-state index in [9.17, 15) is 18.0 Å². The van der Waals surface area contributed by atoms with Crippen LogP contribution in [0.15, 0.2) is 23.1 Å². The van der Waals surface area contributed by atoms with Crippen LogP contribution in [-0.4, -0.2) is 63.2 Å². The molecule has 0 aromatic heterocycles. The number of sulfonamides is 1. The second-order valence-corrected chi connectivity index (χ2v) is 10.2. The molecular weight excluding hydrogens is 378 g/mol. The number of rotatable bonds is 4. The number of fused-ring (bicyclic) bond motifs is 1. The van der Waals surface area contributed by atoms with E-state index in [-0.39, 0.29) is 28.5 Å². The third-order valence-electron chi connectivity index (χ3n) is 5.64. The van der Waals surface area contributed by atoms with Gasteiger partial charge in [0.25, 0.3) is 0 Å². The van der Waals surface area contributed by atoms with Gasteiger partial charge in [0.1, 0.15) is 0 Å². The molecule has 2 aliphatic heterocycles. The fourth-order valence-corrected chi connectivity index (χ4v) is 4.86. The Labute approximate surface area is 167 Å². The molecule has 0 aliphatic carbocycles. The molecule has 0 N–H and O–H groups in total. The van der Waals surface area contributed by atoms with Crippen LogP contribution in [-0.2, 0) is 26.0 Å². The van der Waals surface area contributed by atoms with Crippen molar-refractivity contribution in [3.05, 3.63) is 23.8 Å². The second kappa shape index (κ2) is 7.83. The van der Waals surface area contributed by atoms with Gasteiger partial charge in [0.2, 0.25) is 21.8 Å². The van der Waals surface area contributed by atoms with Crippen LogP contribution in [0.5, 0.6) is 0 Å². The number of nitrogens with zero attached hydrogens (tertiary/aromatic N) is 3. The Morgan fingerprint density at radius 1 is 1.11 bits per heavy atom. The summed E-state index contributed by atoms with van der Waals surface area (Å²) in [5, 5.41) is 0. The summed E-state index contributed by atoms with van der Waals surface area (Å²) in [6.45, 7) is 5.60. The van der Waals surface area contributed by atoms with E-state index in [1.165, 1.54) is 18.4 Å². The Balaban J connectivity index is 1.71. The number of piperidine rings is 1. The Bertz CT molecular complexity index is 871. The molecule has 1 aromatic carbocycles. The third-order valence-corrected chi connectivity index (χ3v) is 7.45. The maximum absolute atomic E-state index is 13.1. The van der Waals surface area contributed by atoms with E-state index in [2.05, 4.69) is 0 Å². The first kappa shape index (κ1) is 20.8. The van der Waals surface area contributed by atoms with Gasteiger partial charge < -0.3 is 9.80 Å². The molecule has 0 radical (unpaired) electrons. The lowest BCUT2D eigenvalue weighted by Gasteiger charge is -2.34. The van der Waals surface area contributed by atoms with E-state index < -0.39 is 10.0 Å². The maximum atomic E-state index is 13.1. The molecule has 1 saturated heterocycles. The van der Waals surface area contributed by atoms with E-state index in [4.69, 9.17) is 0 Å². The minimum atomic E-state index is -3.49. The largest absolute Gasteiger partial charge is 0.342 e. The molecule has 2 amide bonds. The van der Waals surface area contributed by atoms with Gasteiger partial charge in [0.15, 0.2) is 0 Å². The number of likely N-dealkylation sites (tertiary alicyclic amines) is 1. The van der Waals surface area contributed by atoms with Crippen molar-refractivity contribution in [3.8, 4) is 0 Å². The lowest BCUT2D eigenvalue weighted by Crippen LogP contribution is -2.45. The van der Waals surface area contributed by atoms with Gasteiger partial charge in [0, 0.05) is 51.3 Å². The quantitative estimate of drug-likeness (QED) is 0.761. The molecule has 1 aromatic rings. The van der Waals surface area contributed by atoms with Crippen LogP contribution >= 0.6 is 0 Å². The average molecular weight is 408 g/mol. The van der Waals surface area contributed by atoms with Gasteiger partial charge in [-0.3, -0.25) is 9.59 Å². The zero-order valence-electron chi connectivity index (χ0n) is 17.0. The van der Waals surface area contributed by atoms with Gasteiger partial charge in [-0.2, -0.15) is 0 Å². The minimum absolute atomic E-state index is 0.0228. The summed E-state index contributed by atoms with van der Waals surface area (Å²) in [6, 6.07) is 5.00. The number of hydrogen-bond acceptors (Lipinski definition) is 4. The first-order valence-electron chi connectivity index (χ1n) is 9.78. The van der Waals surface area contributed by atoms with Crippen molar-refractivity contribution in [1.29, 1.82) is 0 Å². The zero-order valence-corrected chi connectivity index (χ0v) is 17.8. The molecule has 0 spiro atoms. The molecule has 28 heavy (non-hydrogen) atoms. The van der Waals surface area contributed by atoms with Gasteiger partial charge in [-0.25, -0.2) is 12.7 Å². The Kier molecular flexibility index (Phi) is 5.82. The lowest BCUT2D eigenvalue weighted by molar-refractivity contribution is -0.137. The molecule has 0 saturated carbocycles. The van der Waals surface area contributed by atoms with Crippen LogP contribution in [0.2, 0.25) is 0 Å². The molecule has 154 valence electrons. The molecule has 0 bridgehead atoms. The molecule has 1 fully saturated rings. The molecule has 0 atom stereocenters. The topological polar surface area (TPSA) is 78.0 Å². The number of amides is 2. The monoisotopic (exact) mass is 407 g/mol. The van der Waals surface area contributed by atoms with Crippen molar-refractivity contribution < 1.29 is 18.0 Å². The maximum Gasteiger partial charge on any atom is 0.242 e. The highest BCUT2D eigenvalue weighted by molar-refractivity contribution is 7.89. The van der Waals surface area contributed by atoms with Gasteiger partial charge in [0.05, 0.1) is 4.90 Å². The predicted molar refractivity (Wildman–Crippen MR) is 108 cm³/mol. The summed E-state index contributed by atoms with van der Waals surface area (Å²) in [4.78, 5) is 29.1. The first-order chi connectivity index (χ1) is 13.1. The van der Waals surface area contributed by atoms with Crippen molar-refractivity contribution in [2.75, 3.05) is 38.6 Å². The number of hydrogen-bond donors (Lipinski definition) is 0.